The smallest absolute Gasteiger partial charge is 0.222 e. The molecule has 0 bridgehead atoms. The largest absolute Gasteiger partial charge is 0.346 e. The normalized spacial score (nSPS) is 22.1. The van der Waals surface area contributed by atoms with Crippen LogP contribution < -0.4 is 10.6 Å². The lowest BCUT2D eigenvalue weighted by Crippen LogP contribution is -2.41. The number of rotatable bonds is 4. The van der Waals surface area contributed by atoms with E-state index < -0.39 is 0 Å². The zero-order valence-corrected chi connectivity index (χ0v) is 10.6. The van der Waals surface area contributed by atoms with E-state index >= 15 is 0 Å². The Morgan fingerprint density at radius 2 is 2.65 bits per heavy atom. The van der Waals surface area contributed by atoms with E-state index in [1.807, 2.05) is 18.7 Å². The number of nitrogens with one attached hydrogen (secondary N) is 3. The predicted molar refractivity (Wildman–Crippen MR) is 66.7 cm³/mol. The Balaban J connectivity index is 1.76. The van der Waals surface area contributed by atoms with Crippen LogP contribution >= 0.6 is 11.8 Å². The van der Waals surface area contributed by atoms with Crippen molar-refractivity contribution in [3.8, 4) is 0 Å². The number of nitrogens with zero attached hydrogens (tertiary/aromatic N) is 2. The van der Waals surface area contributed by atoms with E-state index in [-0.39, 0.29) is 18.0 Å². The van der Waals surface area contributed by atoms with Gasteiger partial charge in [-0.1, -0.05) is 0 Å². The van der Waals surface area contributed by atoms with Gasteiger partial charge in [0.15, 0.2) is 0 Å². The lowest BCUT2D eigenvalue weighted by atomic mass is 10.2. The number of carbonyl (C=O) groups is 1. The van der Waals surface area contributed by atoms with E-state index in [1.165, 1.54) is 6.33 Å². The first-order chi connectivity index (χ1) is 8.25. The average Bonchev–Trinajstić information content (AvgIpc) is 2.83. The molecule has 0 radical (unpaired) electrons. The van der Waals surface area contributed by atoms with Crippen molar-refractivity contribution in [2.75, 3.05) is 18.1 Å². The number of hydrogen-bond acceptors (Lipinski definition) is 5. The monoisotopic (exact) mass is 255 g/mol. The van der Waals surface area contributed by atoms with Gasteiger partial charge >= 0.3 is 0 Å². The summed E-state index contributed by atoms with van der Waals surface area (Å²) in [6.45, 7) is 2.88. The highest BCUT2D eigenvalue weighted by Crippen LogP contribution is 2.11. The maximum absolute atomic E-state index is 11.8. The third-order valence-electron chi connectivity index (χ3n) is 2.65. The molecule has 1 aliphatic rings. The number of aromatic amines is 1. The van der Waals surface area contributed by atoms with Crippen molar-refractivity contribution >= 4 is 17.7 Å². The van der Waals surface area contributed by atoms with Crippen LogP contribution in [0, 0.1) is 0 Å². The van der Waals surface area contributed by atoms with Crippen LogP contribution in [0.15, 0.2) is 6.33 Å². The molecular weight excluding hydrogens is 238 g/mol. The molecule has 1 amide bonds. The highest BCUT2D eigenvalue weighted by atomic mass is 32.2. The van der Waals surface area contributed by atoms with E-state index in [9.17, 15) is 4.79 Å². The zero-order chi connectivity index (χ0) is 12.1. The molecule has 2 unspecified atom stereocenters. The van der Waals surface area contributed by atoms with Crippen molar-refractivity contribution < 1.29 is 4.79 Å². The highest BCUT2D eigenvalue weighted by molar-refractivity contribution is 7.99. The van der Waals surface area contributed by atoms with Crippen molar-refractivity contribution in [2.24, 2.45) is 0 Å². The van der Waals surface area contributed by atoms with E-state index in [2.05, 4.69) is 25.8 Å². The van der Waals surface area contributed by atoms with E-state index in [4.69, 9.17) is 0 Å². The van der Waals surface area contributed by atoms with Crippen LogP contribution in [-0.4, -0.2) is 45.2 Å². The first-order valence-electron chi connectivity index (χ1n) is 5.71. The van der Waals surface area contributed by atoms with Crippen molar-refractivity contribution in [3.05, 3.63) is 12.2 Å². The van der Waals surface area contributed by atoms with Gasteiger partial charge in [-0.2, -0.15) is 16.9 Å². The molecule has 0 aromatic carbocycles. The predicted octanol–water partition coefficient (Wildman–Crippen LogP) is 0.0770. The van der Waals surface area contributed by atoms with Gasteiger partial charge in [-0.15, -0.1) is 0 Å². The number of thioether (sulfide) groups is 1. The maximum atomic E-state index is 11.8. The van der Waals surface area contributed by atoms with Crippen molar-refractivity contribution in [3.63, 3.8) is 0 Å². The van der Waals surface area contributed by atoms with Crippen LogP contribution in [0.2, 0.25) is 0 Å². The van der Waals surface area contributed by atoms with Crippen LogP contribution in [0.3, 0.4) is 0 Å². The lowest BCUT2D eigenvalue weighted by Gasteiger charge is -2.23. The van der Waals surface area contributed by atoms with Crippen LogP contribution in [0.4, 0.5) is 0 Å². The molecule has 94 valence electrons. The second kappa shape index (κ2) is 6.02. The van der Waals surface area contributed by atoms with Gasteiger partial charge in [-0.3, -0.25) is 9.89 Å². The molecule has 3 N–H and O–H groups in total. The molecule has 1 aromatic rings. The summed E-state index contributed by atoms with van der Waals surface area (Å²) in [7, 11) is 0. The molecule has 2 atom stereocenters. The molecule has 7 heteroatoms. The second-order valence-corrected chi connectivity index (χ2v) is 5.24. The van der Waals surface area contributed by atoms with Gasteiger partial charge in [0.25, 0.3) is 0 Å². The molecule has 6 nitrogen and oxygen atoms in total. The van der Waals surface area contributed by atoms with Crippen molar-refractivity contribution in [2.45, 2.75) is 25.4 Å². The summed E-state index contributed by atoms with van der Waals surface area (Å²) in [6, 6.07) is 0.164. The minimum Gasteiger partial charge on any atom is -0.346 e. The molecule has 1 aromatic heterocycles. The number of aromatic nitrogens is 3. The van der Waals surface area contributed by atoms with Crippen LogP contribution in [0.5, 0.6) is 0 Å². The SMILES string of the molecule is CC(NC(=O)CC1CSCCN1)c1ncn[nH]1. The molecule has 1 fully saturated rings. The van der Waals surface area contributed by atoms with E-state index in [0.717, 1.165) is 18.1 Å². The molecule has 2 heterocycles. The van der Waals surface area contributed by atoms with Gasteiger partial charge in [-0.05, 0) is 6.92 Å². The molecular formula is C10H17N5OS. The summed E-state index contributed by atoms with van der Waals surface area (Å²) in [5.41, 5.74) is 0. The Morgan fingerprint density at radius 3 is 3.29 bits per heavy atom. The van der Waals surface area contributed by atoms with Crippen LogP contribution in [-0.2, 0) is 4.79 Å². The van der Waals surface area contributed by atoms with Crippen molar-refractivity contribution in [1.82, 2.24) is 25.8 Å². The Hall–Kier alpha value is -1.08. The Morgan fingerprint density at radius 1 is 1.76 bits per heavy atom. The topological polar surface area (TPSA) is 82.7 Å². The lowest BCUT2D eigenvalue weighted by molar-refractivity contribution is -0.122. The van der Waals surface area contributed by atoms with Gasteiger partial charge < -0.3 is 10.6 Å². The minimum absolute atomic E-state index is 0.0499. The Bertz CT molecular complexity index is 350. The highest BCUT2D eigenvalue weighted by Gasteiger charge is 2.18. The van der Waals surface area contributed by atoms with Gasteiger partial charge in [0.1, 0.15) is 12.2 Å². The Labute approximate surface area is 104 Å². The molecule has 1 aliphatic heterocycles. The first kappa shape index (κ1) is 12.4. The molecule has 17 heavy (non-hydrogen) atoms. The summed E-state index contributed by atoms with van der Waals surface area (Å²) in [5.74, 6) is 2.87. The van der Waals surface area contributed by atoms with E-state index in [0.29, 0.717) is 12.2 Å². The fourth-order valence-corrected chi connectivity index (χ4v) is 2.72. The number of H-pyrrole nitrogens is 1. The van der Waals surface area contributed by atoms with Crippen LogP contribution in [0.25, 0.3) is 0 Å². The quantitative estimate of drug-likeness (QED) is 0.709. The van der Waals surface area contributed by atoms with Gasteiger partial charge in [0.05, 0.1) is 6.04 Å². The second-order valence-electron chi connectivity index (χ2n) is 4.09. The summed E-state index contributed by atoms with van der Waals surface area (Å²) in [4.78, 5) is 15.8. The first-order valence-corrected chi connectivity index (χ1v) is 6.87. The standard InChI is InChI=1S/C10H17N5OS/c1-7(10-12-6-13-15-10)14-9(16)4-8-5-17-3-2-11-8/h6-8,11H,2-5H2,1H3,(H,14,16)(H,12,13,15). The van der Waals surface area contributed by atoms with Gasteiger partial charge in [0, 0.05) is 30.5 Å². The number of hydrogen-bond donors (Lipinski definition) is 3. The summed E-state index contributed by atoms with van der Waals surface area (Å²) in [6.07, 6.45) is 1.96. The van der Waals surface area contributed by atoms with E-state index in [1.54, 1.807) is 0 Å². The number of carbonyl (C=O) groups excluding carboxylic acids is 1. The third-order valence-corrected chi connectivity index (χ3v) is 3.78. The maximum Gasteiger partial charge on any atom is 0.222 e. The zero-order valence-electron chi connectivity index (χ0n) is 9.77. The molecule has 2 rings (SSSR count). The summed E-state index contributed by atoms with van der Waals surface area (Å²) >= 11 is 1.89. The van der Waals surface area contributed by atoms with Gasteiger partial charge in [0.2, 0.25) is 5.91 Å². The minimum atomic E-state index is -0.124. The fraction of sp³-hybridized carbons (Fsp3) is 0.700. The van der Waals surface area contributed by atoms with Crippen LogP contribution in [0.1, 0.15) is 25.2 Å². The van der Waals surface area contributed by atoms with Gasteiger partial charge in [-0.25, -0.2) is 4.98 Å². The summed E-state index contributed by atoms with van der Waals surface area (Å²) in [5, 5.41) is 12.8. The molecule has 0 spiro atoms. The molecule has 1 saturated heterocycles. The average molecular weight is 255 g/mol. The third kappa shape index (κ3) is 3.71. The Kier molecular flexibility index (Phi) is 4.38. The fourth-order valence-electron chi connectivity index (χ4n) is 1.77. The summed E-state index contributed by atoms with van der Waals surface area (Å²) < 4.78 is 0. The molecule has 0 saturated carbocycles. The number of amides is 1. The van der Waals surface area contributed by atoms with Crippen molar-refractivity contribution in [1.29, 1.82) is 0 Å². The molecule has 0 aliphatic carbocycles.